The molecule has 0 spiro atoms. The van der Waals surface area contributed by atoms with Crippen molar-refractivity contribution in [1.29, 1.82) is 0 Å². The summed E-state index contributed by atoms with van der Waals surface area (Å²) in [5, 5.41) is 6.38. The number of halogens is 3. The molecule has 0 heterocycles. The van der Waals surface area contributed by atoms with Gasteiger partial charge in [-0.15, -0.1) is 24.0 Å². The molecular weight excluding hydrogens is 431 g/mol. The molecule has 0 aromatic heterocycles. The van der Waals surface area contributed by atoms with E-state index in [1.807, 2.05) is 25.6 Å². The number of nitrogens with zero attached hydrogens (tertiary/aromatic N) is 1. The average molecular weight is 457 g/mol. The van der Waals surface area contributed by atoms with Crippen molar-refractivity contribution in [2.45, 2.75) is 32.7 Å². The van der Waals surface area contributed by atoms with E-state index in [2.05, 4.69) is 21.9 Å². The maximum Gasteiger partial charge on any atom is 0.191 e. The summed E-state index contributed by atoms with van der Waals surface area (Å²) in [7, 11) is 0. The van der Waals surface area contributed by atoms with Crippen LogP contribution in [0.4, 0.5) is 8.78 Å². The van der Waals surface area contributed by atoms with Crippen LogP contribution in [0, 0.1) is 11.6 Å². The van der Waals surface area contributed by atoms with Crippen LogP contribution in [0.15, 0.2) is 23.2 Å². The minimum Gasteiger partial charge on any atom is -0.357 e. The second-order valence-corrected chi connectivity index (χ2v) is 5.99. The SMILES string of the molecule is CCNC(=NCCCCSC)NC(C)c1ccc(F)c(F)c1.I. The van der Waals surface area contributed by atoms with Gasteiger partial charge < -0.3 is 10.6 Å². The Balaban J connectivity index is 0.00000484. The van der Waals surface area contributed by atoms with Gasteiger partial charge in [-0.25, -0.2) is 8.78 Å². The molecule has 0 amide bonds. The van der Waals surface area contributed by atoms with Crippen LogP contribution in [0.2, 0.25) is 0 Å². The van der Waals surface area contributed by atoms with Crippen molar-refractivity contribution in [3.63, 3.8) is 0 Å². The van der Waals surface area contributed by atoms with Crippen molar-refractivity contribution >= 4 is 41.7 Å². The zero-order valence-electron chi connectivity index (χ0n) is 13.9. The molecule has 23 heavy (non-hydrogen) atoms. The topological polar surface area (TPSA) is 36.4 Å². The third-order valence-electron chi connectivity index (χ3n) is 3.17. The normalized spacial score (nSPS) is 12.5. The number of hydrogen-bond donors (Lipinski definition) is 2. The lowest BCUT2D eigenvalue weighted by Crippen LogP contribution is -2.38. The maximum atomic E-state index is 13.3. The van der Waals surface area contributed by atoms with Crippen molar-refractivity contribution in [3.05, 3.63) is 35.4 Å². The second kappa shape index (κ2) is 12.8. The molecule has 1 atom stereocenters. The minimum absolute atomic E-state index is 0. The monoisotopic (exact) mass is 457 g/mol. The van der Waals surface area contributed by atoms with Crippen molar-refractivity contribution < 1.29 is 8.78 Å². The van der Waals surface area contributed by atoms with Crippen LogP contribution in [0.5, 0.6) is 0 Å². The van der Waals surface area contributed by atoms with E-state index in [9.17, 15) is 8.78 Å². The van der Waals surface area contributed by atoms with Crippen molar-refractivity contribution in [1.82, 2.24) is 10.6 Å². The lowest BCUT2D eigenvalue weighted by atomic mass is 10.1. The van der Waals surface area contributed by atoms with E-state index in [0.717, 1.165) is 37.8 Å². The van der Waals surface area contributed by atoms with Crippen LogP contribution in [0.3, 0.4) is 0 Å². The molecule has 0 aliphatic rings. The van der Waals surface area contributed by atoms with Crippen LogP contribution in [0.25, 0.3) is 0 Å². The Morgan fingerprint density at radius 2 is 2.00 bits per heavy atom. The van der Waals surface area contributed by atoms with E-state index >= 15 is 0 Å². The third kappa shape index (κ3) is 8.74. The number of hydrogen-bond acceptors (Lipinski definition) is 2. The number of nitrogens with one attached hydrogen (secondary N) is 2. The fourth-order valence-corrected chi connectivity index (χ4v) is 2.43. The first-order chi connectivity index (χ1) is 10.6. The van der Waals surface area contributed by atoms with Crippen LogP contribution in [0.1, 0.15) is 38.3 Å². The molecule has 1 unspecified atom stereocenters. The quantitative estimate of drug-likeness (QED) is 0.264. The highest BCUT2D eigenvalue weighted by molar-refractivity contribution is 14.0. The molecular formula is C16H26F2IN3S. The van der Waals surface area contributed by atoms with Gasteiger partial charge in [0.05, 0.1) is 6.04 Å². The summed E-state index contributed by atoms with van der Waals surface area (Å²) in [5.41, 5.74) is 0.687. The van der Waals surface area contributed by atoms with E-state index in [-0.39, 0.29) is 30.0 Å². The molecule has 1 aromatic carbocycles. The van der Waals surface area contributed by atoms with Crippen molar-refractivity contribution in [2.24, 2.45) is 4.99 Å². The Morgan fingerprint density at radius 3 is 2.61 bits per heavy atom. The van der Waals surface area contributed by atoms with Gasteiger partial charge in [-0.1, -0.05) is 6.07 Å². The first kappa shape index (κ1) is 22.4. The summed E-state index contributed by atoms with van der Waals surface area (Å²) in [6.07, 6.45) is 4.28. The highest BCUT2D eigenvalue weighted by atomic mass is 127. The third-order valence-corrected chi connectivity index (χ3v) is 3.86. The van der Waals surface area contributed by atoms with Gasteiger partial charge in [-0.2, -0.15) is 11.8 Å². The smallest absolute Gasteiger partial charge is 0.191 e. The van der Waals surface area contributed by atoms with Crippen LogP contribution < -0.4 is 10.6 Å². The molecule has 0 radical (unpaired) electrons. The van der Waals surface area contributed by atoms with Gasteiger partial charge in [0.1, 0.15) is 0 Å². The standard InChI is InChI=1S/C16H25F2N3S.HI/c1-4-19-16(20-9-5-6-10-22-3)21-12(2)13-7-8-14(17)15(18)11-13;/h7-8,11-12H,4-6,9-10H2,1-3H3,(H2,19,20,21);1H. The molecule has 132 valence electrons. The Kier molecular flexibility index (Phi) is 12.5. The highest BCUT2D eigenvalue weighted by Gasteiger charge is 2.10. The number of unbranched alkanes of at least 4 members (excludes halogenated alkanes) is 1. The Bertz CT molecular complexity index is 486. The van der Waals surface area contributed by atoms with Crippen molar-refractivity contribution in [3.8, 4) is 0 Å². The average Bonchev–Trinajstić information content (AvgIpc) is 2.49. The summed E-state index contributed by atoms with van der Waals surface area (Å²) >= 11 is 1.84. The lowest BCUT2D eigenvalue weighted by molar-refractivity contribution is 0.504. The number of benzene rings is 1. The molecule has 0 aliphatic carbocycles. The fraction of sp³-hybridized carbons (Fsp3) is 0.562. The maximum absolute atomic E-state index is 13.3. The first-order valence-electron chi connectivity index (χ1n) is 7.57. The summed E-state index contributed by atoms with van der Waals surface area (Å²) in [6, 6.07) is 3.79. The zero-order valence-corrected chi connectivity index (χ0v) is 17.0. The molecule has 1 aromatic rings. The largest absolute Gasteiger partial charge is 0.357 e. The molecule has 0 fully saturated rings. The Morgan fingerprint density at radius 1 is 1.26 bits per heavy atom. The van der Waals surface area contributed by atoms with Gasteiger partial charge in [-0.3, -0.25) is 4.99 Å². The van der Waals surface area contributed by atoms with Crippen LogP contribution in [-0.2, 0) is 0 Å². The van der Waals surface area contributed by atoms with Crippen LogP contribution in [-0.4, -0.2) is 31.1 Å². The van der Waals surface area contributed by atoms with Gasteiger partial charge >= 0.3 is 0 Å². The Hall–Kier alpha value is -0.570. The van der Waals surface area contributed by atoms with E-state index in [4.69, 9.17) is 0 Å². The van der Waals surface area contributed by atoms with Gasteiger partial charge in [0.2, 0.25) is 0 Å². The number of aliphatic imine (C=N–C) groups is 1. The predicted molar refractivity (Wildman–Crippen MR) is 107 cm³/mol. The number of thioether (sulfide) groups is 1. The van der Waals surface area contributed by atoms with E-state index in [1.165, 1.54) is 6.07 Å². The van der Waals surface area contributed by atoms with E-state index < -0.39 is 11.6 Å². The van der Waals surface area contributed by atoms with Crippen molar-refractivity contribution in [2.75, 3.05) is 25.1 Å². The highest BCUT2D eigenvalue weighted by Crippen LogP contribution is 2.15. The zero-order chi connectivity index (χ0) is 16.4. The molecule has 0 bridgehead atoms. The van der Waals surface area contributed by atoms with E-state index in [1.54, 1.807) is 6.07 Å². The molecule has 2 N–H and O–H groups in total. The summed E-state index contributed by atoms with van der Waals surface area (Å²) < 4.78 is 26.3. The fourth-order valence-electron chi connectivity index (χ4n) is 1.94. The number of rotatable bonds is 8. The minimum atomic E-state index is -0.829. The van der Waals surface area contributed by atoms with Gasteiger partial charge in [0.15, 0.2) is 17.6 Å². The van der Waals surface area contributed by atoms with Gasteiger partial charge in [0, 0.05) is 13.1 Å². The molecule has 7 heteroatoms. The molecule has 0 saturated carbocycles. The second-order valence-electron chi connectivity index (χ2n) is 5.00. The lowest BCUT2D eigenvalue weighted by Gasteiger charge is -2.18. The van der Waals surface area contributed by atoms with E-state index in [0.29, 0.717) is 11.5 Å². The summed E-state index contributed by atoms with van der Waals surface area (Å²) in [5.74, 6) is 0.185. The summed E-state index contributed by atoms with van der Waals surface area (Å²) in [4.78, 5) is 4.51. The number of guanidine groups is 1. The van der Waals surface area contributed by atoms with Gasteiger partial charge in [-0.05, 0) is 56.4 Å². The van der Waals surface area contributed by atoms with Gasteiger partial charge in [0.25, 0.3) is 0 Å². The first-order valence-corrected chi connectivity index (χ1v) is 8.96. The molecule has 3 nitrogen and oxygen atoms in total. The molecule has 0 saturated heterocycles. The predicted octanol–water partition coefficient (Wildman–Crippen LogP) is 4.34. The molecule has 1 rings (SSSR count). The Labute approximate surface area is 159 Å². The van der Waals surface area contributed by atoms with Crippen LogP contribution >= 0.6 is 35.7 Å². The summed E-state index contributed by atoms with van der Waals surface area (Å²) in [6.45, 7) is 5.39. The molecule has 0 aliphatic heterocycles.